The molecule has 0 spiro atoms. The smallest absolute Gasteiger partial charge is 0.324 e. The highest BCUT2D eigenvalue weighted by molar-refractivity contribution is 6.06. The lowest BCUT2D eigenvalue weighted by atomic mass is 10.1. The van der Waals surface area contributed by atoms with Gasteiger partial charge in [0.05, 0.1) is 12.2 Å². The quantitative estimate of drug-likeness (QED) is 0.770. The van der Waals surface area contributed by atoms with Crippen LogP contribution in [-0.2, 0) is 4.79 Å². The molecular weight excluding hydrogens is 282 g/mol. The van der Waals surface area contributed by atoms with E-state index < -0.39 is 5.54 Å². The van der Waals surface area contributed by atoms with Gasteiger partial charge in [-0.05, 0) is 40.2 Å². The summed E-state index contributed by atoms with van der Waals surface area (Å²) in [6, 6.07) is 0.0431. The number of imide groups is 1. The van der Waals surface area contributed by atoms with E-state index in [1.807, 2.05) is 24.0 Å². The second-order valence-corrected chi connectivity index (χ2v) is 6.49. The van der Waals surface area contributed by atoms with Crippen molar-refractivity contribution in [3.05, 3.63) is 18.0 Å². The summed E-state index contributed by atoms with van der Waals surface area (Å²) in [6.45, 7) is 10.5. The maximum absolute atomic E-state index is 12.1. The van der Waals surface area contributed by atoms with Gasteiger partial charge in [-0.15, -0.1) is 0 Å². The van der Waals surface area contributed by atoms with Gasteiger partial charge in [0.1, 0.15) is 5.54 Å². The van der Waals surface area contributed by atoms with Gasteiger partial charge in [0, 0.05) is 25.3 Å². The van der Waals surface area contributed by atoms with E-state index in [4.69, 9.17) is 0 Å². The Morgan fingerprint density at radius 1 is 1.36 bits per heavy atom. The van der Waals surface area contributed by atoms with Crippen LogP contribution in [0.4, 0.5) is 4.79 Å². The van der Waals surface area contributed by atoms with E-state index in [1.54, 1.807) is 13.8 Å². The van der Waals surface area contributed by atoms with Crippen molar-refractivity contribution in [2.75, 3.05) is 13.1 Å². The van der Waals surface area contributed by atoms with E-state index in [-0.39, 0.29) is 24.0 Å². The van der Waals surface area contributed by atoms with E-state index in [9.17, 15) is 9.59 Å². The molecule has 0 aliphatic carbocycles. The minimum Gasteiger partial charge on any atom is -0.324 e. The van der Waals surface area contributed by atoms with E-state index in [2.05, 4.69) is 29.6 Å². The summed E-state index contributed by atoms with van der Waals surface area (Å²) in [7, 11) is 0. The van der Waals surface area contributed by atoms with E-state index in [0.29, 0.717) is 13.1 Å². The van der Waals surface area contributed by atoms with Gasteiger partial charge < -0.3 is 10.6 Å². The van der Waals surface area contributed by atoms with Gasteiger partial charge in [0.25, 0.3) is 5.91 Å². The van der Waals surface area contributed by atoms with Crippen molar-refractivity contribution in [2.45, 2.75) is 52.2 Å². The summed E-state index contributed by atoms with van der Waals surface area (Å²) in [4.78, 5) is 25.1. The number of nitrogens with zero attached hydrogens (tertiary/aromatic N) is 3. The Kier molecular flexibility index (Phi) is 4.55. The zero-order chi connectivity index (χ0) is 16.5. The van der Waals surface area contributed by atoms with Crippen LogP contribution >= 0.6 is 0 Å². The fraction of sp³-hybridized carbons (Fsp3) is 0.667. The highest BCUT2D eigenvalue weighted by atomic mass is 16.2. The molecular formula is C15H25N5O2. The van der Waals surface area contributed by atoms with Gasteiger partial charge >= 0.3 is 6.03 Å². The van der Waals surface area contributed by atoms with Gasteiger partial charge in [-0.3, -0.25) is 14.4 Å². The average Bonchev–Trinajstić information content (AvgIpc) is 2.94. The first-order valence-electron chi connectivity index (χ1n) is 7.60. The zero-order valence-corrected chi connectivity index (χ0v) is 13.9. The van der Waals surface area contributed by atoms with E-state index >= 15 is 0 Å². The van der Waals surface area contributed by atoms with E-state index in [0.717, 1.165) is 5.56 Å². The van der Waals surface area contributed by atoms with Gasteiger partial charge in [0.2, 0.25) is 0 Å². The molecule has 0 radical (unpaired) electrons. The number of aryl methyl sites for hydroxylation is 1. The van der Waals surface area contributed by atoms with Crippen molar-refractivity contribution in [1.29, 1.82) is 0 Å². The molecule has 2 rings (SSSR count). The number of rotatable bonds is 6. The van der Waals surface area contributed by atoms with Crippen LogP contribution in [0.25, 0.3) is 0 Å². The number of aromatic nitrogens is 2. The van der Waals surface area contributed by atoms with Crippen molar-refractivity contribution < 1.29 is 9.59 Å². The fourth-order valence-electron chi connectivity index (χ4n) is 2.48. The maximum atomic E-state index is 12.1. The number of carbonyl (C=O) groups is 2. The number of urea groups is 1. The molecule has 2 atom stereocenters. The molecule has 1 aromatic heterocycles. The SMILES string of the molecule is Cc1cnn([C@H](C)[C@@H](C)NCCN2C(=O)NC(C)(C)C2=O)c1. The number of hydrogen-bond donors (Lipinski definition) is 2. The molecule has 2 N–H and O–H groups in total. The first kappa shape index (κ1) is 16.5. The molecule has 0 aromatic carbocycles. The molecule has 1 fully saturated rings. The van der Waals surface area contributed by atoms with Crippen LogP contribution in [0.2, 0.25) is 0 Å². The minimum atomic E-state index is -0.803. The molecule has 122 valence electrons. The van der Waals surface area contributed by atoms with Crippen LogP contribution in [0, 0.1) is 6.92 Å². The lowest BCUT2D eigenvalue weighted by molar-refractivity contribution is -0.130. The predicted octanol–water partition coefficient (Wildman–Crippen LogP) is 1.06. The van der Waals surface area contributed by atoms with Crippen LogP contribution in [0.3, 0.4) is 0 Å². The predicted molar refractivity (Wildman–Crippen MR) is 83.5 cm³/mol. The monoisotopic (exact) mass is 307 g/mol. The van der Waals surface area contributed by atoms with Gasteiger partial charge in [-0.25, -0.2) is 4.79 Å². The Hall–Kier alpha value is -1.89. The Balaban J connectivity index is 1.83. The van der Waals surface area contributed by atoms with Crippen LogP contribution in [0.5, 0.6) is 0 Å². The maximum Gasteiger partial charge on any atom is 0.325 e. The van der Waals surface area contributed by atoms with Crippen LogP contribution < -0.4 is 10.6 Å². The molecule has 1 saturated heterocycles. The lowest BCUT2D eigenvalue weighted by Crippen LogP contribution is -2.43. The Morgan fingerprint density at radius 2 is 2.05 bits per heavy atom. The standard InChI is InChI=1S/C15H25N5O2/c1-10-8-17-20(9-10)12(3)11(2)16-6-7-19-13(21)15(4,5)18-14(19)22/h8-9,11-12,16H,6-7H2,1-5H3,(H,18,22)/t11-,12-/m1/s1. The molecule has 7 nitrogen and oxygen atoms in total. The summed E-state index contributed by atoms with van der Waals surface area (Å²) in [6.07, 6.45) is 3.83. The van der Waals surface area contributed by atoms with E-state index in [1.165, 1.54) is 4.90 Å². The summed E-state index contributed by atoms with van der Waals surface area (Å²) in [5, 5.41) is 10.3. The van der Waals surface area contributed by atoms with Crippen molar-refractivity contribution in [3.63, 3.8) is 0 Å². The highest BCUT2D eigenvalue weighted by Gasteiger charge is 2.43. The summed E-state index contributed by atoms with van der Waals surface area (Å²) in [5.74, 6) is -0.178. The van der Waals surface area contributed by atoms with Crippen molar-refractivity contribution in [1.82, 2.24) is 25.3 Å². The third-order valence-corrected chi connectivity index (χ3v) is 4.12. The molecule has 0 unspecified atom stereocenters. The van der Waals surface area contributed by atoms with Crippen LogP contribution in [-0.4, -0.2) is 51.3 Å². The van der Waals surface area contributed by atoms with Gasteiger partial charge in [-0.1, -0.05) is 0 Å². The third-order valence-electron chi connectivity index (χ3n) is 4.12. The average molecular weight is 307 g/mol. The molecule has 1 aliphatic heterocycles. The number of hydrogen-bond acceptors (Lipinski definition) is 4. The topological polar surface area (TPSA) is 79.3 Å². The van der Waals surface area contributed by atoms with Crippen LogP contribution in [0.1, 0.15) is 39.3 Å². The molecule has 3 amide bonds. The lowest BCUT2D eigenvalue weighted by Gasteiger charge is -2.23. The van der Waals surface area contributed by atoms with Crippen molar-refractivity contribution in [3.8, 4) is 0 Å². The molecule has 1 aliphatic rings. The second kappa shape index (κ2) is 6.08. The fourth-order valence-corrected chi connectivity index (χ4v) is 2.48. The molecule has 1 aromatic rings. The molecule has 2 heterocycles. The summed E-state index contributed by atoms with van der Waals surface area (Å²) < 4.78 is 1.92. The second-order valence-electron chi connectivity index (χ2n) is 6.49. The molecule has 22 heavy (non-hydrogen) atoms. The number of nitrogens with one attached hydrogen (secondary N) is 2. The highest BCUT2D eigenvalue weighted by Crippen LogP contribution is 2.16. The number of carbonyl (C=O) groups excluding carboxylic acids is 2. The third kappa shape index (κ3) is 3.30. The molecule has 7 heteroatoms. The normalized spacial score (nSPS) is 20.1. The largest absolute Gasteiger partial charge is 0.325 e. The van der Waals surface area contributed by atoms with Gasteiger partial charge in [0.15, 0.2) is 0 Å². The number of amides is 3. The van der Waals surface area contributed by atoms with Crippen molar-refractivity contribution in [2.24, 2.45) is 0 Å². The Bertz CT molecular complexity index is 566. The molecule has 0 saturated carbocycles. The summed E-state index contributed by atoms with van der Waals surface area (Å²) >= 11 is 0. The van der Waals surface area contributed by atoms with Crippen LogP contribution in [0.15, 0.2) is 12.4 Å². The molecule has 0 bridgehead atoms. The summed E-state index contributed by atoms with van der Waals surface area (Å²) in [5.41, 5.74) is 0.323. The first-order valence-corrected chi connectivity index (χ1v) is 7.60. The Labute approximate surface area is 131 Å². The van der Waals surface area contributed by atoms with Crippen molar-refractivity contribution >= 4 is 11.9 Å². The first-order chi connectivity index (χ1) is 10.2. The van der Waals surface area contributed by atoms with Gasteiger partial charge in [-0.2, -0.15) is 5.10 Å². The minimum absolute atomic E-state index is 0.174. The zero-order valence-electron chi connectivity index (χ0n) is 13.9. The Morgan fingerprint density at radius 3 is 2.55 bits per heavy atom.